The summed E-state index contributed by atoms with van der Waals surface area (Å²) >= 11 is 0. The van der Waals surface area contributed by atoms with Gasteiger partial charge in [0.15, 0.2) is 11.4 Å². The number of aliphatic hydroxyl groups is 3. The smallest absolute Gasteiger partial charge is 0.255 e. The largest absolute Gasteiger partial charge is 0.508 e. The molecule has 34 heavy (non-hydrogen) atoms. The predicted molar refractivity (Wildman–Crippen MR) is 120 cm³/mol. The SMILES string of the molecule is CCc1cc(CCCCF)c(O)c2c1C[C@H]1C[C@H]3CC(=O)C(C(N)=O)=C(O)[C@@]3(O)C(=O)C1=C2O. The van der Waals surface area contributed by atoms with Crippen LogP contribution in [0.3, 0.4) is 0 Å². The molecule has 1 aromatic carbocycles. The summed E-state index contributed by atoms with van der Waals surface area (Å²) in [6, 6.07) is 1.84. The third-order valence-electron chi connectivity index (χ3n) is 7.45. The third kappa shape index (κ3) is 3.33. The van der Waals surface area contributed by atoms with E-state index in [0.29, 0.717) is 36.8 Å². The number of fused-ring (bicyclic) bond motifs is 3. The van der Waals surface area contributed by atoms with Crippen LogP contribution in [0.4, 0.5) is 4.39 Å². The van der Waals surface area contributed by atoms with E-state index in [-0.39, 0.29) is 36.1 Å². The summed E-state index contributed by atoms with van der Waals surface area (Å²) in [5.41, 5.74) is 3.83. The van der Waals surface area contributed by atoms with Gasteiger partial charge in [-0.1, -0.05) is 13.0 Å². The van der Waals surface area contributed by atoms with Crippen molar-refractivity contribution in [3.63, 3.8) is 0 Å². The van der Waals surface area contributed by atoms with E-state index in [1.807, 2.05) is 13.0 Å². The lowest BCUT2D eigenvalue weighted by Gasteiger charge is -2.46. The average molecular weight is 473 g/mol. The van der Waals surface area contributed by atoms with E-state index < -0.39 is 58.7 Å². The van der Waals surface area contributed by atoms with Crippen molar-refractivity contribution in [2.45, 2.75) is 57.5 Å². The lowest BCUT2D eigenvalue weighted by atomic mass is 9.59. The Bertz CT molecular complexity index is 1170. The molecule has 3 aliphatic rings. The Hall–Kier alpha value is -3.20. The number of nitrogens with two attached hydrogens (primary N) is 1. The number of phenolic OH excluding ortho intramolecular Hbond substituents is 1. The molecule has 3 aliphatic carbocycles. The highest BCUT2D eigenvalue weighted by Gasteiger charge is 2.60. The van der Waals surface area contributed by atoms with Crippen molar-refractivity contribution in [2.75, 3.05) is 6.67 Å². The number of carbonyl (C=O) groups excluding carboxylic acids is 3. The van der Waals surface area contributed by atoms with Crippen LogP contribution in [0, 0.1) is 11.8 Å². The number of aryl methyl sites for hydroxylation is 2. The van der Waals surface area contributed by atoms with Crippen LogP contribution >= 0.6 is 0 Å². The second-order valence-electron chi connectivity index (χ2n) is 9.30. The van der Waals surface area contributed by atoms with Gasteiger partial charge in [0.05, 0.1) is 12.2 Å². The number of carbonyl (C=O) groups is 3. The fourth-order valence-corrected chi connectivity index (χ4v) is 5.74. The van der Waals surface area contributed by atoms with Crippen LogP contribution in [0.25, 0.3) is 5.76 Å². The average Bonchev–Trinajstić information content (AvgIpc) is 2.77. The highest BCUT2D eigenvalue weighted by molar-refractivity contribution is 6.22. The molecule has 4 rings (SSSR count). The third-order valence-corrected chi connectivity index (χ3v) is 7.45. The molecule has 0 saturated heterocycles. The quantitative estimate of drug-likeness (QED) is 0.313. The first-order valence-electron chi connectivity index (χ1n) is 11.5. The van der Waals surface area contributed by atoms with Crippen molar-refractivity contribution in [1.29, 1.82) is 0 Å². The highest BCUT2D eigenvalue weighted by Crippen LogP contribution is 2.52. The summed E-state index contributed by atoms with van der Waals surface area (Å²) in [5, 5.41) is 44.1. The van der Waals surface area contributed by atoms with Gasteiger partial charge < -0.3 is 26.2 Å². The van der Waals surface area contributed by atoms with Crippen molar-refractivity contribution in [2.24, 2.45) is 17.6 Å². The van der Waals surface area contributed by atoms with Gasteiger partial charge in [-0.2, -0.15) is 0 Å². The topological polar surface area (TPSA) is 158 Å². The van der Waals surface area contributed by atoms with E-state index >= 15 is 0 Å². The molecule has 1 fully saturated rings. The molecule has 0 aromatic heterocycles. The van der Waals surface area contributed by atoms with Crippen molar-refractivity contribution in [3.05, 3.63) is 45.2 Å². The monoisotopic (exact) mass is 473 g/mol. The first kappa shape index (κ1) is 23.9. The fourth-order valence-electron chi connectivity index (χ4n) is 5.74. The Morgan fingerprint density at radius 2 is 1.88 bits per heavy atom. The minimum Gasteiger partial charge on any atom is -0.508 e. The van der Waals surface area contributed by atoms with Crippen LogP contribution in [0.1, 0.15) is 54.9 Å². The van der Waals surface area contributed by atoms with Crippen LogP contribution in [-0.4, -0.2) is 50.2 Å². The zero-order valence-corrected chi connectivity index (χ0v) is 18.9. The summed E-state index contributed by atoms with van der Waals surface area (Å²) in [6.07, 6.45) is 1.85. The lowest BCUT2D eigenvalue weighted by Crippen LogP contribution is -2.58. The number of phenols is 1. The molecule has 0 spiro atoms. The van der Waals surface area contributed by atoms with Gasteiger partial charge in [0.2, 0.25) is 5.78 Å². The molecule has 1 saturated carbocycles. The first-order valence-corrected chi connectivity index (χ1v) is 11.5. The van der Waals surface area contributed by atoms with Crippen LogP contribution < -0.4 is 5.73 Å². The molecule has 1 amide bonds. The number of ketones is 2. The Morgan fingerprint density at radius 1 is 1.18 bits per heavy atom. The van der Waals surface area contributed by atoms with E-state index in [0.717, 1.165) is 5.56 Å². The fraction of sp³-hybridized carbons (Fsp3) is 0.480. The van der Waals surface area contributed by atoms with Crippen LogP contribution in [-0.2, 0) is 33.6 Å². The van der Waals surface area contributed by atoms with Gasteiger partial charge in [-0.25, -0.2) is 0 Å². The van der Waals surface area contributed by atoms with Crippen molar-refractivity contribution >= 4 is 23.2 Å². The van der Waals surface area contributed by atoms with Crippen molar-refractivity contribution in [1.82, 2.24) is 0 Å². The molecular weight excluding hydrogens is 445 g/mol. The predicted octanol–water partition coefficient (Wildman–Crippen LogP) is 2.28. The summed E-state index contributed by atoms with van der Waals surface area (Å²) in [4.78, 5) is 37.7. The second kappa shape index (κ2) is 8.54. The highest BCUT2D eigenvalue weighted by atomic mass is 19.1. The van der Waals surface area contributed by atoms with Gasteiger partial charge in [0.25, 0.3) is 5.91 Å². The van der Waals surface area contributed by atoms with Crippen molar-refractivity contribution in [3.8, 4) is 5.75 Å². The Kier molecular flexibility index (Phi) is 6.01. The molecule has 0 heterocycles. The van der Waals surface area contributed by atoms with E-state index in [1.54, 1.807) is 0 Å². The number of aromatic hydroxyl groups is 1. The Balaban J connectivity index is 1.88. The Labute approximate surface area is 195 Å². The molecule has 3 atom stereocenters. The maximum absolute atomic E-state index is 13.5. The van der Waals surface area contributed by atoms with Gasteiger partial charge in [0.1, 0.15) is 22.8 Å². The molecule has 182 valence electrons. The minimum absolute atomic E-state index is 0.0988. The molecular formula is C25H28FNO7. The number of hydrogen-bond acceptors (Lipinski definition) is 7. The number of unbranched alkanes of at least 4 members (excludes halogenated alkanes) is 1. The van der Waals surface area contributed by atoms with Gasteiger partial charge in [0, 0.05) is 17.9 Å². The number of aliphatic hydroxyl groups excluding tert-OH is 2. The molecule has 0 radical (unpaired) electrons. The number of benzene rings is 1. The van der Waals surface area contributed by atoms with Crippen LogP contribution in [0.2, 0.25) is 0 Å². The zero-order chi connectivity index (χ0) is 24.9. The number of amides is 1. The summed E-state index contributed by atoms with van der Waals surface area (Å²) < 4.78 is 12.6. The molecule has 0 aliphatic heterocycles. The number of primary amides is 1. The zero-order valence-electron chi connectivity index (χ0n) is 18.9. The number of hydrogen-bond donors (Lipinski definition) is 5. The second-order valence-corrected chi connectivity index (χ2v) is 9.30. The van der Waals surface area contributed by atoms with Gasteiger partial charge >= 0.3 is 0 Å². The Morgan fingerprint density at radius 3 is 2.50 bits per heavy atom. The molecule has 0 bridgehead atoms. The van der Waals surface area contributed by atoms with Gasteiger partial charge in [-0.05, 0) is 61.1 Å². The number of alkyl halides is 1. The minimum atomic E-state index is -2.57. The van der Waals surface area contributed by atoms with E-state index in [1.165, 1.54) is 0 Å². The molecule has 8 nitrogen and oxygen atoms in total. The first-order chi connectivity index (χ1) is 16.1. The van der Waals surface area contributed by atoms with E-state index in [9.17, 15) is 39.2 Å². The molecule has 0 unspecified atom stereocenters. The maximum atomic E-state index is 13.5. The van der Waals surface area contributed by atoms with Crippen LogP contribution in [0.15, 0.2) is 23.0 Å². The van der Waals surface area contributed by atoms with E-state index in [4.69, 9.17) is 5.73 Å². The summed E-state index contributed by atoms with van der Waals surface area (Å²) in [5.74, 6) is -6.33. The lowest BCUT2D eigenvalue weighted by molar-refractivity contribution is -0.147. The van der Waals surface area contributed by atoms with Crippen LogP contribution in [0.5, 0.6) is 5.75 Å². The maximum Gasteiger partial charge on any atom is 0.255 e. The summed E-state index contributed by atoms with van der Waals surface area (Å²) in [6.45, 7) is 1.44. The van der Waals surface area contributed by atoms with E-state index in [2.05, 4.69) is 0 Å². The molecule has 6 N–H and O–H groups in total. The van der Waals surface area contributed by atoms with Gasteiger partial charge in [-0.15, -0.1) is 0 Å². The summed E-state index contributed by atoms with van der Waals surface area (Å²) in [7, 11) is 0. The number of halogens is 1. The molecule has 1 aromatic rings. The molecule has 9 heteroatoms. The standard InChI is InChI=1S/C25H28FNO7/c1-2-11-7-12(5-3-4-6-26)20(29)18-15(11)9-13-8-14-10-16(28)19(24(27)33)23(32)25(14,34)22(31)17(13)21(18)30/h7,13-14,29-30,32,34H,2-6,8-10H2,1H3,(H2,27,33)/t13-,14+,25+/m1/s1. The number of Topliss-reactive ketones (excluding diaryl/α,β-unsaturated/α-hetero) is 2. The van der Waals surface area contributed by atoms with Crippen molar-refractivity contribution < 1.29 is 39.2 Å². The van der Waals surface area contributed by atoms with Gasteiger partial charge in [-0.3, -0.25) is 18.8 Å². The normalized spacial score (nSPS) is 26.3. The number of rotatable bonds is 6.